The number of hydrogen-bond acceptors (Lipinski definition) is 4. The van der Waals surface area contributed by atoms with Crippen molar-refractivity contribution in [3.8, 4) is 0 Å². The first-order chi connectivity index (χ1) is 9.46. The maximum absolute atomic E-state index is 13.4. The minimum atomic E-state index is -3.29. The van der Waals surface area contributed by atoms with Crippen LogP contribution in [0.25, 0.3) is 0 Å². The van der Waals surface area contributed by atoms with Crippen LogP contribution in [-0.4, -0.2) is 32.4 Å². The number of sulfone groups is 1. The average Bonchev–Trinajstić information content (AvgIpc) is 3.18. The zero-order valence-corrected chi connectivity index (χ0v) is 11.9. The third-order valence-corrected chi connectivity index (χ3v) is 6.19. The molecule has 1 heterocycles. The van der Waals surface area contributed by atoms with Gasteiger partial charge in [0.05, 0.1) is 10.6 Å². The van der Waals surface area contributed by atoms with Crippen LogP contribution in [-0.2, 0) is 9.84 Å². The molecule has 1 aromatic rings. The number of aliphatic hydroxyl groups is 1. The molecular weight excluding hydrogens is 281 g/mol. The van der Waals surface area contributed by atoms with Gasteiger partial charge in [-0.2, -0.15) is 0 Å². The molecule has 0 radical (unpaired) electrons. The maximum atomic E-state index is 13.4. The molecule has 1 aliphatic carbocycles. The first kappa shape index (κ1) is 14.0. The monoisotopic (exact) mass is 299 g/mol. The number of aliphatic hydroxyl groups excluding tert-OH is 1. The van der Waals surface area contributed by atoms with Crippen molar-refractivity contribution in [3.05, 3.63) is 29.6 Å². The van der Waals surface area contributed by atoms with Crippen LogP contribution in [0.15, 0.2) is 23.1 Å². The molecule has 1 fully saturated rings. The summed E-state index contributed by atoms with van der Waals surface area (Å²) >= 11 is 0. The Morgan fingerprint density at radius 3 is 2.80 bits per heavy atom. The van der Waals surface area contributed by atoms with E-state index in [2.05, 4.69) is 5.32 Å². The predicted octanol–water partition coefficient (Wildman–Crippen LogP) is 1.41. The lowest BCUT2D eigenvalue weighted by atomic mass is 10.0. The van der Waals surface area contributed by atoms with Crippen molar-refractivity contribution in [1.82, 2.24) is 5.32 Å². The van der Waals surface area contributed by atoms with Crippen molar-refractivity contribution < 1.29 is 17.9 Å². The smallest absolute Gasteiger partial charge is 0.178 e. The Balaban J connectivity index is 1.85. The van der Waals surface area contributed by atoms with Gasteiger partial charge in [-0.15, -0.1) is 0 Å². The summed E-state index contributed by atoms with van der Waals surface area (Å²) in [4.78, 5) is 0.233. The lowest BCUT2D eigenvalue weighted by Crippen LogP contribution is -2.34. The molecular formula is C14H18FNO3S. The topological polar surface area (TPSA) is 66.4 Å². The molecule has 1 saturated carbocycles. The Bertz CT molecular complexity index is 625. The molecule has 6 heteroatoms. The minimum Gasteiger partial charge on any atom is -0.396 e. The van der Waals surface area contributed by atoms with Gasteiger partial charge in [0.15, 0.2) is 9.84 Å². The molecule has 0 spiro atoms. The van der Waals surface area contributed by atoms with Gasteiger partial charge in [0.1, 0.15) is 5.82 Å². The van der Waals surface area contributed by atoms with Gasteiger partial charge in [-0.1, -0.05) is 0 Å². The summed E-state index contributed by atoms with van der Waals surface area (Å²) in [6.45, 7) is 0.783. The third kappa shape index (κ3) is 2.47. The first-order valence-corrected chi connectivity index (χ1v) is 8.48. The zero-order chi connectivity index (χ0) is 14.4. The highest BCUT2D eigenvalue weighted by atomic mass is 32.2. The van der Waals surface area contributed by atoms with Crippen molar-refractivity contribution in [2.45, 2.75) is 30.2 Å². The maximum Gasteiger partial charge on any atom is 0.178 e. The van der Waals surface area contributed by atoms with E-state index in [9.17, 15) is 17.9 Å². The van der Waals surface area contributed by atoms with E-state index < -0.39 is 15.7 Å². The Morgan fingerprint density at radius 2 is 2.15 bits per heavy atom. The fourth-order valence-corrected chi connectivity index (χ4v) is 4.33. The summed E-state index contributed by atoms with van der Waals surface area (Å²) in [5.74, 6) is -0.342. The molecule has 1 aromatic carbocycles. The standard InChI is InChI=1S/C14H18FNO3S/c15-10-1-2-13-11(7-10)12(3-6-20(13,18)19)16-8-14(9-17)4-5-14/h1-2,7,12,16-17H,3-6,8-9H2. The highest BCUT2D eigenvalue weighted by Crippen LogP contribution is 2.45. The molecule has 0 bridgehead atoms. The van der Waals surface area contributed by atoms with E-state index in [4.69, 9.17) is 0 Å². The Labute approximate surface area is 117 Å². The molecule has 1 unspecified atom stereocenters. The fraction of sp³-hybridized carbons (Fsp3) is 0.571. The Kier molecular flexibility index (Phi) is 3.35. The van der Waals surface area contributed by atoms with Gasteiger partial charge in [0.25, 0.3) is 0 Å². The van der Waals surface area contributed by atoms with Crippen molar-refractivity contribution >= 4 is 9.84 Å². The van der Waals surface area contributed by atoms with Gasteiger partial charge in [-0.3, -0.25) is 0 Å². The van der Waals surface area contributed by atoms with Crippen molar-refractivity contribution in [2.75, 3.05) is 18.9 Å². The molecule has 0 aromatic heterocycles. The normalized spacial score (nSPS) is 26.0. The van der Waals surface area contributed by atoms with E-state index in [1.807, 2.05) is 0 Å². The zero-order valence-electron chi connectivity index (χ0n) is 11.1. The van der Waals surface area contributed by atoms with Crippen LogP contribution < -0.4 is 5.32 Å². The second-order valence-electron chi connectivity index (χ2n) is 5.88. The third-order valence-electron chi connectivity index (χ3n) is 4.37. The summed E-state index contributed by atoms with van der Waals surface area (Å²) in [5.41, 5.74) is 0.467. The summed E-state index contributed by atoms with van der Waals surface area (Å²) in [7, 11) is -3.29. The summed E-state index contributed by atoms with van der Waals surface area (Å²) in [6, 6.07) is 3.69. The quantitative estimate of drug-likeness (QED) is 0.825. The Hall–Kier alpha value is -0.980. The van der Waals surface area contributed by atoms with Crippen molar-refractivity contribution in [2.24, 2.45) is 5.41 Å². The average molecular weight is 299 g/mol. The van der Waals surface area contributed by atoms with Gasteiger partial charge >= 0.3 is 0 Å². The SMILES string of the molecule is O=S1(=O)CCC(NCC2(CO)CC2)c2cc(F)ccc21. The number of halogens is 1. The van der Waals surface area contributed by atoms with E-state index in [1.54, 1.807) is 0 Å². The molecule has 110 valence electrons. The highest BCUT2D eigenvalue weighted by Gasteiger charge is 2.42. The van der Waals surface area contributed by atoms with Crippen molar-refractivity contribution in [1.29, 1.82) is 0 Å². The lowest BCUT2D eigenvalue weighted by molar-refractivity contribution is 0.203. The van der Waals surface area contributed by atoms with Crippen LogP contribution in [0.3, 0.4) is 0 Å². The molecule has 1 atom stereocenters. The minimum absolute atomic E-state index is 0.0518. The number of hydrogen-bond donors (Lipinski definition) is 2. The van der Waals surface area contributed by atoms with E-state index >= 15 is 0 Å². The van der Waals surface area contributed by atoms with Crippen LogP contribution in [0.2, 0.25) is 0 Å². The number of rotatable bonds is 4. The molecule has 0 amide bonds. The van der Waals surface area contributed by atoms with Gasteiger partial charge < -0.3 is 10.4 Å². The highest BCUT2D eigenvalue weighted by molar-refractivity contribution is 7.91. The number of fused-ring (bicyclic) bond motifs is 1. The van der Waals surface area contributed by atoms with Gasteiger partial charge in [0, 0.05) is 24.6 Å². The fourth-order valence-electron chi connectivity index (χ4n) is 2.73. The van der Waals surface area contributed by atoms with Crippen LogP contribution in [0.1, 0.15) is 30.9 Å². The molecule has 2 N–H and O–H groups in total. The lowest BCUT2D eigenvalue weighted by Gasteiger charge is -2.28. The van der Waals surface area contributed by atoms with E-state index in [0.717, 1.165) is 12.8 Å². The van der Waals surface area contributed by atoms with Crippen LogP contribution in [0.4, 0.5) is 4.39 Å². The Morgan fingerprint density at radius 1 is 1.40 bits per heavy atom. The summed E-state index contributed by atoms with van der Waals surface area (Å²) in [6.07, 6.45) is 2.41. The van der Waals surface area contributed by atoms with Crippen LogP contribution in [0.5, 0.6) is 0 Å². The van der Waals surface area contributed by atoms with E-state index in [-0.39, 0.29) is 28.7 Å². The summed E-state index contributed by atoms with van der Waals surface area (Å²) < 4.78 is 37.4. The van der Waals surface area contributed by atoms with Crippen molar-refractivity contribution in [3.63, 3.8) is 0 Å². The van der Waals surface area contributed by atoms with Gasteiger partial charge in [0.2, 0.25) is 0 Å². The predicted molar refractivity (Wildman–Crippen MR) is 72.6 cm³/mol. The first-order valence-electron chi connectivity index (χ1n) is 6.82. The molecule has 1 aliphatic heterocycles. The molecule has 2 aliphatic rings. The molecule has 0 saturated heterocycles. The largest absolute Gasteiger partial charge is 0.396 e. The van der Waals surface area contributed by atoms with Crippen LogP contribution in [0, 0.1) is 11.2 Å². The van der Waals surface area contributed by atoms with E-state index in [1.165, 1.54) is 18.2 Å². The number of nitrogens with one attached hydrogen (secondary N) is 1. The second kappa shape index (κ2) is 4.79. The number of benzene rings is 1. The van der Waals surface area contributed by atoms with Gasteiger partial charge in [-0.05, 0) is 43.0 Å². The second-order valence-corrected chi connectivity index (χ2v) is 7.96. The van der Waals surface area contributed by atoms with Crippen LogP contribution >= 0.6 is 0 Å². The molecule has 4 nitrogen and oxygen atoms in total. The molecule has 3 rings (SSSR count). The van der Waals surface area contributed by atoms with Gasteiger partial charge in [-0.25, -0.2) is 12.8 Å². The molecule has 20 heavy (non-hydrogen) atoms. The summed E-state index contributed by atoms with van der Waals surface area (Å²) in [5, 5.41) is 12.6. The van der Waals surface area contributed by atoms with E-state index in [0.29, 0.717) is 18.5 Å².